The van der Waals surface area contributed by atoms with E-state index < -0.39 is 15.4 Å². The molecule has 0 aliphatic carbocycles. The minimum absolute atomic E-state index is 0.106. The molecule has 1 saturated heterocycles. The van der Waals surface area contributed by atoms with Crippen LogP contribution in [0.2, 0.25) is 5.02 Å². The van der Waals surface area contributed by atoms with Crippen molar-refractivity contribution in [3.05, 3.63) is 64.7 Å². The Morgan fingerprint density at radius 2 is 1.66 bits per heavy atom. The number of hydrogen-bond donors (Lipinski definition) is 2. The summed E-state index contributed by atoms with van der Waals surface area (Å²) in [5.74, 6) is -0.127. The molecule has 0 radical (unpaired) electrons. The number of amides is 1. The van der Waals surface area contributed by atoms with E-state index in [2.05, 4.69) is 10.0 Å². The second-order valence-corrected chi connectivity index (χ2v) is 9.37. The van der Waals surface area contributed by atoms with Crippen molar-refractivity contribution in [3.63, 3.8) is 0 Å². The molecule has 0 spiro atoms. The highest BCUT2D eigenvalue weighted by atomic mass is 35.5. The summed E-state index contributed by atoms with van der Waals surface area (Å²) in [6, 6.07) is 13.9. The van der Waals surface area contributed by atoms with Crippen LogP contribution in [0.4, 0.5) is 0 Å². The first-order chi connectivity index (χ1) is 13.8. The van der Waals surface area contributed by atoms with Crippen molar-refractivity contribution in [3.8, 4) is 0 Å². The molecule has 1 aliphatic heterocycles. The fourth-order valence-electron chi connectivity index (χ4n) is 3.47. The molecular weight excluding hydrogens is 412 g/mol. The average Bonchev–Trinajstić information content (AvgIpc) is 2.72. The van der Waals surface area contributed by atoms with E-state index in [1.807, 2.05) is 19.1 Å². The molecule has 6 nitrogen and oxygen atoms in total. The Hall–Kier alpha value is -1.93. The van der Waals surface area contributed by atoms with Gasteiger partial charge in [-0.3, -0.25) is 4.79 Å². The molecule has 1 fully saturated rings. The minimum Gasteiger partial charge on any atom is -0.381 e. The zero-order chi connectivity index (χ0) is 20.9. The van der Waals surface area contributed by atoms with Gasteiger partial charge in [0.05, 0.1) is 10.3 Å². The first kappa shape index (κ1) is 21.8. The Morgan fingerprint density at radius 3 is 2.28 bits per heavy atom. The molecule has 0 bridgehead atoms. The van der Waals surface area contributed by atoms with Crippen LogP contribution in [-0.2, 0) is 25.0 Å². The fourth-order valence-corrected chi connectivity index (χ4v) is 4.62. The largest absolute Gasteiger partial charge is 0.381 e. The van der Waals surface area contributed by atoms with Crippen LogP contribution in [0.15, 0.2) is 53.4 Å². The maximum atomic E-state index is 13.1. The van der Waals surface area contributed by atoms with Crippen molar-refractivity contribution in [1.82, 2.24) is 10.0 Å². The van der Waals surface area contributed by atoms with E-state index in [-0.39, 0.29) is 23.9 Å². The minimum atomic E-state index is -3.61. The van der Waals surface area contributed by atoms with Gasteiger partial charge >= 0.3 is 0 Å². The second kappa shape index (κ2) is 9.26. The summed E-state index contributed by atoms with van der Waals surface area (Å²) < 4.78 is 32.7. The Morgan fingerprint density at radius 1 is 1.03 bits per heavy atom. The van der Waals surface area contributed by atoms with Crippen molar-refractivity contribution in [2.24, 2.45) is 0 Å². The highest BCUT2D eigenvalue weighted by molar-refractivity contribution is 7.89. The number of aryl methyl sites for hydroxylation is 1. The third kappa shape index (κ3) is 5.17. The van der Waals surface area contributed by atoms with Crippen molar-refractivity contribution in [1.29, 1.82) is 0 Å². The van der Waals surface area contributed by atoms with Gasteiger partial charge < -0.3 is 10.1 Å². The molecule has 2 aromatic carbocycles. The zero-order valence-electron chi connectivity index (χ0n) is 16.3. The number of carbonyl (C=O) groups is 1. The molecule has 156 valence electrons. The number of ether oxygens (including phenoxy) is 1. The normalized spacial score (nSPS) is 16.3. The third-order valence-corrected chi connectivity index (χ3v) is 6.94. The predicted molar refractivity (Wildman–Crippen MR) is 113 cm³/mol. The third-order valence-electron chi connectivity index (χ3n) is 5.21. The number of halogens is 1. The van der Waals surface area contributed by atoms with Crippen LogP contribution < -0.4 is 10.0 Å². The number of hydrogen-bond acceptors (Lipinski definition) is 4. The van der Waals surface area contributed by atoms with Gasteiger partial charge in [-0.1, -0.05) is 41.4 Å². The summed E-state index contributed by atoms with van der Waals surface area (Å²) in [6.07, 6.45) is 1.13. The Balaban J connectivity index is 1.62. The Labute approximate surface area is 176 Å². The van der Waals surface area contributed by atoms with E-state index in [0.29, 0.717) is 31.1 Å². The number of carbonyl (C=O) groups excluding carboxylic acids is 1. The number of benzene rings is 2. The average molecular weight is 437 g/mol. The highest BCUT2D eigenvalue weighted by Gasteiger charge is 2.41. The molecule has 8 heteroatoms. The first-order valence-corrected chi connectivity index (χ1v) is 11.4. The van der Waals surface area contributed by atoms with Crippen molar-refractivity contribution in [2.75, 3.05) is 26.3 Å². The summed E-state index contributed by atoms with van der Waals surface area (Å²) in [5.41, 5.74) is 1.18. The highest BCUT2D eigenvalue weighted by Crippen LogP contribution is 2.35. The van der Waals surface area contributed by atoms with Crippen molar-refractivity contribution >= 4 is 27.5 Å². The molecule has 0 atom stereocenters. The molecule has 0 unspecified atom stereocenters. The SMILES string of the molecule is Cc1ccc(S(=O)(=O)NCCNC(=O)C2(c3ccc(Cl)cc3)CCOCC2)cc1. The van der Waals surface area contributed by atoms with E-state index >= 15 is 0 Å². The van der Waals surface area contributed by atoms with Crippen LogP contribution in [0.5, 0.6) is 0 Å². The molecular formula is C21H25ClN2O4S. The zero-order valence-corrected chi connectivity index (χ0v) is 17.9. The van der Waals surface area contributed by atoms with E-state index in [4.69, 9.17) is 16.3 Å². The predicted octanol–water partition coefficient (Wildman–Crippen LogP) is 2.79. The Bertz CT molecular complexity index is 938. The lowest BCUT2D eigenvalue weighted by Gasteiger charge is -2.36. The molecule has 1 heterocycles. The van der Waals surface area contributed by atoms with Gasteiger partial charge in [-0.2, -0.15) is 0 Å². The quantitative estimate of drug-likeness (QED) is 0.653. The van der Waals surface area contributed by atoms with Gasteiger partial charge in [0.2, 0.25) is 15.9 Å². The Kier molecular flexibility index (Phi) is 6.95. The number of rotatable bonds is 7. The van der Waals surface area contributed by atoms with E-state index in [1.54, 1.807) is 36.4 Å². The molecule has 29 heavy (non-hydrogen) atoms. The monoisotopic (exact) mass is 436 g/mol. The lowest BCUT2D eigenvalue weighted by molar-refractivity contribution is -0.130. The summed E-state index contributed by atoms with van der Waals surface area (Å²) in [5, 5.41) is 3.50. The molecule has 2 aromatic rings. The summed E-state index contributed by atoms with van der Waals surface area (Å²) in [6.45, 7) is 3.19. The van der Waals surface area contributed by atoms with E-state index in [1.165, 1.54) is 0 Å². The smallest absolute Gasteiger partial charge is 0.240 e. The molecule has 0 saturated carbocycles. The second-order valence-electron chi connectivity index (χ2n) is 7.17. The molecule has 2 N–H and O–H groups in total. The topological polar surface area (TPSA) is 84.5 Å². The maximum absolute atomic E-state index is 13.1. The van der Waals surface area contributed by atoms with Crippen molar-refractivity contribution in [2.45, 2.75) is 30.1 Å². The van der Waals surface area contributed by atoms with E-state index in [9.17, 15) is 13.2 Å². The van der Waals surface area contributed by atoms with Gasteiger partial charge in [0, 0.05) is 31.3 Å². The summed E-state index contributed by atoms with van der Waals surface area (Å²) in [7, 11) is -3.61. The molecule has 1 aliphatic rings. The van der Waals surface area contributed by atoms with Crippen LogP contribution >= 0.6 is 11.6 Å². The number of nitrogens with one attached hydrogen (secondary N) is 2. The molecule has 3 rings (SSSR count). The lowest BCUT2D eigenvalue weighted by Crippen LogP contribution is -2.49. The van der Waals surface area contributed by atoms with Crippen LogP contribution in [0.1, 0.15) is 24.0 Å². The van der Waals surface area contributed by atoms with Gasteiger partial charge in [0.25, 0.3) is 0 Å². The fraction of sp³-hybridized carbons (Fsp3) is 0.381. The van der Waals surface area contributed by atoms with Crippen LogP contribution in [0.3, 0.4) is 0 Å². The lowest BCUT2D eigenvalue weighted by atomic mass is 9.73. The van der Waals surface area contributed by atoms with Crippen LogP contribution in [0, 0.1) is 6.92 Å². The van der Waals surface area contributed by atoms with Crippen LogP contribution in [0.25, 0.3) is 0 Å². The van der Waals surface area contributed by atoms with Gasteiger partial charge in [0.15, 0.2) is 0 Å². The van der Waals surface area contributed by atoms with Crippen molar-refractivity contribution < 1.29 is 17.9 Å². The van der Waals surface area contributed by atoms with Gasteiger partial charge in [-0.05, 0) is 49.6 Å². The summed E-state index contributed by atoms with van der Waals surface area (Å²) in [4.78, 5) is 13.3. The van der Waals surface area contributed by atoms with Gasteiger partial charge in [0.1, 0.15) is 0 Å². The summed E-state index contributed by atoms with van der Waals surface area (Å²) >= 11 is 5.99. The maximum Gasteiger partial charge on any atom is 0.240 e. The standard InChI is InChI=1S/C21H25ClN2O4S/c1-16-2-8-19(9-3-16)29(26,27)24-13-12-23-20(25)21(10-14-28-15-11-21)17-4-6-18(22)7-5-17/h2-9,24H,10-15H2,1H3,(H,23,25). The molecule has 1 amide bonds. The van der Waals surface area contributed by atoms with Crippen LogP contribution in [-0.4, -0.2) is 40.6 Å². The first-order valence-electron chi connectivity index (χ1n) is 9.52. The van der Waals surface area contributed by atoms with Gasteiger partial charge in [-0.25, -0.2) is 13.1 Å². The van der Waals surface area contributed by atoms with Gasteiger partial charge in [-0.15, -0.1) is 0 Å². The molecule has 0 aromatic heterocycles. The number of sulfonamides is 1. The van der Waals surface area contributed by atoms with E-state index in [0.717, 1.165) is 11.1 Å².